The Bertz CT molecular complexity index is 973. The van der Waals surface area contributed by atoms with Crippen molar-refractivity contribution >= 4 is 33.4 Å². The van der Waals surface area contributed by atoms with E-state index in [1.165, 1.54) is 41.1 Å². The van der Waals surface area contributed by atoms with Crippen LogP contribution < -0.4 is 5.32 Å². The van der Waals surface area contributed by atoms with E-state index in [4.69, 9.17) is 11.6 Å². The lowest BCUT2D eigenvalue weighted by atomic mass is 10.2. The summed E-state index contributed by atoms with van der Waals surface area (Å²) in [5, 5.41) is 7.07. The average molecular weight is 441 g/mol. The molecular weight excluding hydrogens is 428 g/mol. The maximum absolute atomic E-state index is 13.3. The van der Waals surface area contributed by atoms with Crippen molar-refractivity contribution in [2.24, 2.45) is 0 Å². The molecule has 134 valence electrons. The largest absolute Gasteiger partial charge is 0.348 e. The van der Waals surface area contributed by atoms with Crippen molar-refractivity contribution in [1.82, 2.24) is 15.1 Å². The van der Waals surface area contributed by atoms with Gasteiger partial charge < -0.3 is 5.32 Å². The van der Waals surface area contributed by atoms with Crippen LogP contribution in [0.2, 0.25) is 5.15 Å². The van der Waals surface area contributed by atoms with Gasteiger partial charge in [0.25, 0.3) is 5.91 Å². The quantitative estimate of drug-likeness (QED) is 0.633. The SMILES string of the molecule is Cc1nn(-c2ccc(F)cc2)c(Cl)c1C(=O)NCc1cc(F)ccc1Br. The van der Waals surface area contributed by atoms with Crippen molar-refractivity contribution in [3.8, 4) is 5.69 Å². The van der Waals surface area contributed by atoms with Crippen LogP contribution in [0.4, 0.5) is 8.78 Å². The minimum atomic E-state index is -0.433. The van der Waals surface area contributed by atoms with Crippen LogP contribution in [-0.4, -0.2) is 15.7 Å². The van der Waals surface area contributed by atoms with Crippen LogP contribution in [0.5, 0.6) is 0 Å². The first kappa shape index (κ1) is 18.5. The molecule has 3 rings (SSSR count). The monoisotopic (exact) mass is 439 g/mol. The zero-order chi connectivity index (χ0) is 18.8. The number of halogens is 4. The molecule has 1 heterocycles. The molecule has 0 aliphatic carbocycles. The Kier molecular flexibility index (Phi) is 5.38. The molecule has 0 unspecified atom stereocenters. The Hall–Kier alpha value is -2.25. The van der Waals surface area contributed by atoms with Gasteiger partial charge in [-0.05, 0) is 55.0 Å². The number of aromatic nitrogens is 2. The van der Waals surface area contributed by atoms with Gasteiger partial charge in [0.1, 0.15) is 16.8 Å². The summed E-state index contributed by atoms with van der Waals surface area (Å²) in [5.74, 6) is -1.21. The fraction of sp³-hybridized carbons (Fsp3) is 0.111. The van der Waals surface area contributed by atoms with Crippen LogP contribution in [0.15, 0.2) is 46.9 Å². The molecule has 0 saturated carbocycles. The average Bonchev–Trinajstić information content (AvgIpc) is 2.90. The van der Waals surface area contributed by atoms with Crippen LogP contribution in [0.25, 0.3) is 5.69 Å². The predicted molar refractivity (Wildman–Crippen MR) is 98.5 cm³/mol. The Labute approximate surface area is 161 Å². The molecule has 1 N–H and O–H groups in total. The zero-order valence-electron chi connectivity index (χ0n) is 13.6. The minimum absolute atomic E-state index is 0.116. The summed E-state index contributed by atoms with van der Waals surface area (Å²) in [6.45, 7) is 1.77. The normalized spacial score (nSPS) is 10.8. The third-order valence-electron chi connectivity index (χ3n) is 3.75. The highest BCUT2D eigenvalue weighted by molar-refractivity contribution is 9.10. The molecule has 0 aliphatic rings. The Morgan fingerprint density at radius 2 is 1.85 bits per heavy atom. The molecule has 26 heavy (non-hydrogen) atoms. The number of carbonyl (C=O) groups excluding carboxylic acids is 1. The van der Waals surface area contributed by atoms with Gasteiger partial charge in [0.15, 0.2) is 0 Å². The summed E-state index contributed by atoms with van der Waals surface area (Å²) in [5.41, 5.74) is 1.77. The molecule has 2 aromatic carbocycles. The van der Waals surface area contributed by atoms with Crippen LogP contribution in [0, 0.1) is 18.6 Å². The molecule has 8 heteroatoms. The van der Waals surface area contributed by atoms with E-state index in [-0.39, 0.29) is 23.1 Å². The molecular formula is C18H13BrClF2N3O. The molecule has 1 aromatic heterocycles. The van der Waals surface area contributed by atoms with Crippen LogP contribution in [-0.2, 0) is 6.54 Å². The highest BCUT2D eigenvalue weighted by Gasteiger charge is 2.21. The van der Waals surface area contributed by atoms with Crippen molar-refractivity contribution in [2.45, 2.75) is 13.5 Å². The molecule has 3 aromatic rings. The second kappa shape index (κ2) is 7.55. The maximum Gasteiger partial charge on any atom is 0.256 e. The molecule has 0 bridgehead atoms. The fourth-order valence-corrected chi connectivity index (χ4v) is 3.20. The highest BCUT2D eigenvalue weighted by Crippen LogP contribution is 2.24. The number of hydrogen-bond donors (Lipinski definition) is 1. The number of nitrogens with zero attached hydrogens (tertiary/aromatic N) is 2. The Morgan fingerprint density at radius 1 is 1.19 bits per heavy atom. The highest BCUT2D eigenvalue weighted by atomic mass is 79.9. The second-order valence-electron chi connectivity index (χ2n) is 5.56. The van der Waals surface area contributed by atoms with Crippen LogP contribution in [0.1, 0.15) is 21.6 Å². The van der Waals surface area contributed by atoms with Crippen molar-refractivity contribution in [3.63, 3.8) is 0 Å². The minimum Gasteiger partial charge on any atom is -0.348 e. The number of hydrogen-bond acceptors (Lipinski definition) is 2. The molecule has 0 saturated heterocycles. The summed E-state index contributed by atoms with van der Waals surface area (Å²) < 4.78 is 28.5. The van der Waals surface area contributed by atoms with Gasteiger partial charge in [-0.3, -0.25) is 4.79 Å². The molecule has 0 aliphatic heterocycles. The first-order chi connectivity index (χ1) is 12.4. The summed E-state index contributed by atoms with van der Waals surface area (Å²) in [6.07, 6.45) is 0. The van der Waals surface area contributed by atoms with Gasteiger partial charge in [-0.1, -0.05) is 27.5 Å². The first-order valence-corrected chi connectivity index (χ1v) is 8.77. The number of aryl methyl sites for hydroxylation is 1. The first-order valence-electron chi connectivity index (χ1n) is 7.60. The second-order valence-corrected chi connectivity index (χ2v) is 6.77. The maximum atomic E-state index is 13.3. The molecule has 0 fully saturated rings. The van der Waals surface area contributed by atoms with Gasteiger partial charge in [-0.2, -0.15) is 5.10 Å². The van der Waals surface area contributed by atoms with Crippen LogP contribution in [0.3, 0.4) is 0 Å². The number of rotatable bonds is 4. The zero-order valence-corrected chi connectivity index (χ0v) is 15.9. The van der Waals surface area contributed by atoms with E-state index in [9.17, 15) is 13.6 Å². The topological polar surface area (TPSA) is 46.9 Å². The van der Waals surface area contributed by atoms with Gasteiger partial charge in [-0.25, -0.2) is 13.5 Å². The number of benzene rings is 2. The summed E-state index contributed by atoms with van der Waals surface area (Å²) in [7, 11) is 0. The lowest BCUT2D eigenvalue weighted by Crippen LogP contribution is -2.23. The van der Waals surface area contributed by atoms with Gasteiger partial charge >= 0.3 is 0 Å². The standard InChI is InChI=1S/C18H13BrClF2N3O/c1-10-16(17(20)25(24-10)14-5-2-12(21)3-6-14)18(26)23-9-11-8-13(22)4-7-15(11)19/h2-8H,9H2,1H3,(H,23,26). The number of carbonyl (C=O) groups is 1. The van der Waals surface area contributed by atoms with E-state index in [1.54, 1.807) is 13.0 Å². The van der Waals surface area contributed by atoms with Gasteiger partial charge in [-0.15, -0.1) is 0 Å². The third kappa shape index (κ3) is 3.78. The van der Waals surface area contributed by atoms with Gasteiger partial charge in [0, 0.05) is 11.0 Å². The van der Waals surface area contributed by atoms with E-state index < -0.39 is 11.7 Å². The molecule has 0 spiro atoms. The lowest BCUT2D eigenvalue weighted by molar-refractivity contribution is 0.0950. The summed E-state index contributed by atoms with van der Waals surface area (Å²) >= 11 is 9.63. The van der Waals surface area contributed by atoms with E-state index in [0.29, 0.717) is 21.4 Å². The van der Waals surface area contributed by atoms with Gasteiger partial charge in [0.05, 0.1) is 16.9 Å². The van der Waals surface area contributed by atoms with Crippen molar-refractivity contribution in [1.29, 1.82) is 0 Å². The van der Waals surface area contributed by atoms with Gasteiger partial charge in [0.2, 0.25) is 0 Å². The number of nitrogens with one attached hydrogen (secondary N) is 1. The van der Waals surface area contributed by atoms with Crippen molar-refractivity contribution in [3.05, 3.63) is 80.5 Å². The summed E-state index contributed by atoms with van der Waals surface area (Å²) in [6, 6.07) is 9.82. The fourth-order valence-electron chi connectivity index (χ4n) is 2.45. The van der Waals surface area contributed by atoms with Crippen molar-refractivity contribution < 1.29 is 13.6 Å². The molecule has 1 amide bonds. The van der Waals surface area contributed by atoms with Crippen molar-refractivity contribution in [2.75, 3.05) is 0 Å². The smallest absolute Gasteiger partial charge is 0.256 e. The molecule has 4 nitrogen and oxygen atoms in total. The Balaban J connectivity index is 1.84. The van der Waals surface area contributed by atoms with E-state index >= 15 is 0 Å². The van der Waals surface area contributed by atoms with E-state index in [2.05, 4.69) is 26.3 Å². The van der Waals surface area contributed by atoms with Crippen LogP contribution >= 0.6 is 27.5 Å². The number of amides is 1. The third-order valence-corrected chi connectivity index (χ3v) is 4.87. The Morgan fingerprint density at radius 3 is 2.54 bits per heavy atom. The summed E-state index contributed by atoms with van der Waals surface area (Å²) in [4.78, 5) is 12.5. The predicted octanol–water partition coefficient (Wildman–Crippen LogP) is 4.80. The lowest BCUT2D eigenvalue weighted by Gasteiger charge is -2.08. The van der Waals surface area contributed by atoms with E-state index in [0.717, 1.165) is 0 Å². The molecule has 0 atom stereocenters. The molecule has 0 radical (unpaired) electrons. The van der Waals surface area contributed by atoms with E-state index in [1.807, 2.05) is 0 Å².